The van der Waals surface area contributed by atoms with Crippen LogP contribution in [-0.2, 0) is 4.74 Å². The van der Waals surface area contributed by atoms with Gasteiger partial charge in [-0.25, -0.2) is 0 Å². The van der Waals surface area contributed by atoms with Gasteiger partial charge in [0.2, 0.25) is 0 Å². The molecule has 19 heavy (non-hydrogen) atoms. The normalized spacial score (nSPS) is 28.9. The van der Waals surface area contributed by atoms with E-state index in [2.05, 4.69) is 32.6 Å². The van der Waals surface area contributed by atoms with Gasteiger partial charge in [0.1, 0.15) is 0 Å². The standard InChI is InChI=1S/C16H34N2O/c1-6-16(3,4)13-8-9-14(17)15(12-13)18(7-2)10-11-19-5/h13-15H,6-12,17H2,1-5H3. The van der Waals surface area contributed by atoms with Gasteiger partial charge in [-0.2, -0.15) is 0 Å². The van der Waals surface area contributed by atoms with Crippen LogP contribution in [-0.4, -0.2) is 43.8 Å². The molecule has 0 spiro atoms. The molecule has 0 aromatic carbocycles. The lowest BCUT2D eigenvalue weighted by molar-refractivity contribution is 0.0475. The molecule has 1 rings (SSSR count). The minimum atomic E-state index is 0.334. The van der Waals surface area contributed by atoms with Gasteiger partial charge < -0.3 is 10.5 Å². The number of nitrogens with two attached hydrogens (primary N) is 1. The summed E-state index contributed by atoms with van der Waals surface area (Å²) >= 11 is 0. The van der Waals surface area contributed by atoms with Crippen LogP contribution < -0.4 is 5.73 Å². The summed E-state index contributed by atoms with van der Waals surface area (Å²) in [6.07, 6.45) is 4.96. The first-order chi connectivity index (χ1) is 8.96. The summed E-state index contributed by atoms with van der Waals surface area (Å²) in [6.45, 7) is 12.3. The zero-order chi connectivity index (χ0) is 14.5. The Morgan fingerprint density at radius 3 is 2.47 bits per heavy atom. The quantitative estimate of drug-likeness (QED) is 0.773. The van der Waals surface area contributed by atoms with Crippen molar-refractivity contribution in [3.8, 4) is 0 Å². The van der Waals surface area contributed by atoms with Crippen molar-refractivity contribution in [2.24, 2.45) is 17.1 Å². The third-order valence-corrected chi connectivity index (χ3v) is 5.34. The molecule has 0 radical (unpaired) electrons. The van der Waals surface area contributed by atoms with Gasteiger partial charge in [0.05, 0.1) is 6.61 Å². The Hall–Kier alpha value is -0.120. The molecule has 1 saturated carbocycles. The first-order valence-corrected chi connectivity index (χ1v) is 7.94. The highest BCUT2D eigenvalue weighted by atomic mass is 16.5. The third-order valence-electron chi connectivity index (χ3n) is 5.34. The highest BCUT2D eigenvalue weighted by Gasteiger charge is 2.37. The van der Waals surface area contributed by atoms with E-state index < -0.39 is 0 Å². The molecule has 0 aromatic heterocycles. The number of likely N-dealkylation sites (N-methyl/N-ethyl adjacent to an activating group) is 1. The molecule has 114 valence electrons. The van der Waals surface area contributed by atoms with Crippen molar-refractivity contribution in [1.29, 1.82) is 0 Å². The number of methoxy groups -OCH3 is 1. The van der Waals surface area contributed by atoms with Crippen LogP contribution >= 0.6 is 0 Å². The lowest BCUT2D eigenvalue weighted by Crippen LogP contribution is -2.53. The maximum Gasteiger partial charge on any atom is 0.0589 e. The Labute approximate surface area is 119 Å². The van der Waals surface area contributed by atoms with Crippen molar-refractivity contribution < 1.29 is 4.74 Å². The summed E-state index contributed by atoms with van der Waals surface area (Å²) in [4.78, 5) is 2.52. The van der Waals surface area contributed by atoms with E-state index in [1.54, 1.807) is 7.11 Å². The summed E-state index contributed by atoms with van der Waals surface area (Å²) in [5.74, 6) is 0.805. The van der Waals surface area contributed by atoms with Gasteiger partial charge in [0, 0.05) is 25.7 Å². The molecule has 1 aliphatic rings. The second kappa shape index (κ2) is 7.61. The van der Waals surface area contributed by atoms with Crippen LogP contribution in [0.2, 0.25) is 0 Å². The summed E-state index contributed by atoms with van der Waals surface area (Å²) in [6, 6.07) is 0.866. The summed E-state index contributed by atoms with van der Waals surface area (Å²) in [7, 11) is 1.78. The first kappa shape index (κ1) is 16.9. The smallest absolute Gasteiger partial charge is 0.0589 e. The second-order valence-electron chi connectivity index (χ2n) is 6.70. The van der Waals surface area contributed by atoms with E-state index in [0.29, 0.717) is 17.5 Å². The summed E-state index contributed by atoms with van der Waals surface area (Å²) < 4.78 is 5.23. The van der Waals surface area contributed by atoms with E-state index in [1.165, 1.54) is 25.7 Å². The summed E-state index contributed by atoms with van der Waals surface area (Å²) in [5.41, 5.74) is 6.84. The van der Waals surface area contributed by atoms with Crippen LogP contribution in [0.3, 0.4) is 0 Å². The van der Waals surface area contributed by atoms with Gasteiger partial charge in [-0.3, -0.25) is 4.90 Å². The van der Waals surface area contributed by atoms with Crippen molar-refractivity contribution in [1.82, 2.24) is 4.90 Å². The van der Waals surface area contributed by atoms with Gasteiger partial charge in [0.25, 0.3) is 0 Å². The maximum absolute atomic E-state index is 6.39. The SMILES string of the molecule is CCN(CCOC)C1CC(C(C)(C)CC)CCC1N. The third kappa shape index (κ3) is 4.44. The van der Waals surface area contributed by atoms with Crippen molar-refractivity contribution in [2.45, 2.75) is 65.5 Å². The molecule has 3 unspecified atom stereocenters. The molecular formula is C16H34N2O. The van der Waals surface area contributed by atoms with Gasteiger partial charge in [-0.1, -0.05) is 34.1 Å². The number of hydrogen-bond acceptors (Lipinski definition) is 3. The van der Waals surface area contributed by atoms with Gasteiger partial charge in [0.15, 0.2) is 0 Å². The second-order valence-corrected chi connectivity index (χ2v) is 6.70. The van der Waals surface area contributed by atoms with Crippen molar-refractivity contribution >= 4 is 0 Å². The minimum absolute atomic E-state index is 0.334. The van der Waals surface area contributed by atoms with E-state index in [9.17, 15) is 0 Å². The van der Waals surface area contributed by atoms with E-state index in [4.69, 9.17) is 10.5 Å². The highest BCUT2D eigenvalue weighted by Crippen LogP contribution is 2.41. The van der Waals surface area contributed by atoms with E-state index in [-0.39, 0.29) is 0 Å². The molecule has 0 aliphatic heterocycles. The zero-order valence-electron chi connectivity index (χ0n) is 13.6. The zero-order valence-corrected chi connectivity index (χ0v) is 13.6. The average Bonchev–Trinajstić information content (AvgIpc) is 2.41. The van der Waals surface area contributed by atoms with E-state index in [0.717, 1.165) is 25.6 Å². The fraction of sp³-hybridized carbons (Fsp3) is 1.00. The molecule has 2 N–H and O–H groups in total. The number of nitrogens with zero attached hydrogens (tertiary/aromatic N) is 1. The Bertz CT molecular complexity index is 255. The Morgan fingerprint density at radius 1 is 1.26 bits per heavy atom. The van der Waals surface area contributed by atoms with Crippen LogP contribution in [0.5, 0.6) is 0 Å². The molecule has 0 bridgehead atoms. The molecule has 0 aromatic rings. The monoisotopic (exact) mass is 270 g/mol. The molecule has 3 atom stereocenters. The molecule has 0 saturated heterocycles. The molecule has 3 nitrogen and oxygen atoms in total. The van der Waals surface area contributed by atoms with Crippen LogP contribution in [0.15, 0.2) is 0 Å². The van der Waals surface area contributed by atoms with E-state index >= 15 is 0 Å². The van der Waals surface area contributed by atoms with Crippen LogP contribution in [0.25, 0.3) is 0 Å². The molecule has 0 amide bonds. The predicted molar refractivity (Wildman–Crippen MR) is 82.3 cm³/mol. The molecule has 1 aliphatic carbocycles. The van der Waals surface area contributed by atoms with Crippen molar-refractivity contribution in [3.05, 3.63) is 0 Å². The number of hydrogen-bond donors (Lipinski definition) is 1. The molecule has 3 heteroatoms. The Morgan fingerprint density at radius 2 is 1.95 bits per heavy atom. The first-order valence-electron chi connectivity index (χ1n) is 7.94. The number of ether oxygens (including phenoxy) is 1. The molecule has 0 heterocycles. The van der Waals surface area contributed by atoms with Crippen LogP contribution in [0, 0.1) is 11.3 Å². The Balaban J connectivity index is 2.68. The van der Waals surface area contributed by atoms with Gasteiger partial charge in [-0.15, -0.1) is 0 Å². The van der Waals surface area contributed by atoms with E-state index in [1.807, 2.05) is 0 Å². The topological polar surface area (TPSA) is 38.5 Å². The van der Waals surface area contributed by atoms with Crippen LogP contribution in [0.1, 0.15) is 53.4 Å². The Kier molecular flexibility index (Phi) is 6.78. The average molecular weight is 270 g/mol. The fourth-order valence-electron chi connectivity index (χ4n) is 3.36. The van der Waals surface area contributed by atoms with Crippen molar-refractivity contribution in [2.75, 3.05) is 26.8 Å². The predicted octanol–water partition coefficient (Wildman–Crippen LogP) is 2.89. The van der Waals surface area contributed by atoms with Crippen molar-refractivity contribution in [3.63, 3.8) is 0 Å². The highest BCUT2D eigenvalue weighted by molar-refractivity contribution is 4.93. The largest absolute Gasteiger partial charge is 0.383 e. The van der Waals surface area contributed by atoms with Gasteiger partial charge >= 0.3 is 0 Å². The molecular weight excluding hydrogens is 236 g/mol. The number of rotatable bonds is 7. The fourth-order valence-corrected chi connectivity index (χ4v) is 3.36. The lowest BCUT2D eigenvalue weighted by atomic mass is 9.67. The van der Waals surface area contributed by atoms with Crippen LogP contribution in [0.4, 0.5) is 0 Å². The lowest BCUT2D eigenvalue weighted by Gasteiger charge is -2.45. The summed E-state index contributed by atoms with van der Waals surface area (Å²) in [5, 5.41) is 0. The maximum atomic E-state index is 6.39. The van der Waals surface area contributed by atoms with Gasteiger partial charge in [-0.05, 0) is 37.1 Å². The minimum Gasteiger partial charge on any atom is -0.383 e. The molecule has 1 fully saturated rings.